The molecule has 1 saturated heterocycles. The maximum atomic E-state index is 12.5. The molecule has 94 valence electrons. The number of carbonyl (C=O) groups is 1. The van der Waals surface area contributed by atoms with Crippen LogP contribution in [0, 0.1) is 0 Å². The molecule has 0 saturated carbocycles. The van der Waals surface area contributed by atoms with E-state index < -0.39 is 0 Å². The molecule has 1 aromatic rings. The molecule has 0 radical (unpaired) electrons. The fourth-order valence-corrected chi connectivity index (χ4v) is 3.10. The lowest BCUT2D eigenvalue weighted by Gasteiger charge is -2.40. The highest BCUT2D eigenvalue weighted by molar-refractivity contribution is 7.10. The first kappa shape index (κ1) is 12.6. The first-order valence-electron chi connectivity index (χ1n) is 6.04. The Labute approximate surface area is 106 Å². The number of hydrogen-bond acceptors (Lipinski definition) is 3. The van der Waals surface area contributed by atoms with Gasteiger partial charge in [-0.05, 0) is 32.2 Å². The lowest BCUT2D eigenvalue weighted by Crippen LogP contribution is -2.53. The minimum Gasteiger partial charge on any atom is -0.377 e. The van der Waals surface area contributed by atoms with Gasteiger partial charge in [-0.25, -0.2) is 0 Å². The summed E-state index contributed by atoms with van der Waals surface area (Å²) in [5.41, 5.74) is 0. The number of hydrogen-bond donors (Lipinski definition) is 0. The second-order valence-corrected chi connectivity index (χ2v) is 5.70. The number of amides is 1. The van der Waals surface area contributed by atoms with Gasteiger partial charge in [0.15, 0.2) is 0 Å². The highest BCUT2D eigenvalue weighted by atomic mass is 32.1. The second-order valence-electron chi connectivity index (χ2n) is 4.72. The molecule has 1 fully saturated rings. The van der Waals surface area contributed by atoms with Gasteiger partial charge in [-0.2, -0.15) is 0 Å². The van der Waals surface area contributed by atoms with E-state index in [9.17, 15) is 4.79 Å². The highest BCUT2D eigenvalue weighted by Gasteiger charge is 2.32. The Hall–Kier alpha value is -0.870. The van der Waals surface area contributed by atoms with Crippen LogP contribution in [0.3, 0.4) is 0 Å². The van der Waals surface area contributed by atoms with Gasteiger partial charge in [-0.1, -0.05) is 6.07 Å². The smallest absolute Gasteiger partial charge is 0.231 e. The number of thiophene rings is 1. The lowest BCUT2D eigenvalue weighted by atomic mass is 10.0. The topological polar surface area (TPSA) is 29.5 Å². The van der Waals surface area contributed by atoms with Crippen LogP contribution in [-0.2, 0) is 9.53 Å². The zero-order chi connectivity index (χ0) is 12.4. The van der Waals surface area contributed by atoms with Crippen LogP contribution in [-0.4, -0.2) is 36.1 Å². The van der Waals surface area contributed by atoms with E-state index in [0.29, 0.717) is 13.2 Å². The molecular formula is C13H19NO2S. The van der Waals surface area contributed by atoms with Gasteiger partial charge < -0.3 is 9.64 Å². The van der Waals surface area contributed by atoms with Crippen molar-refractivity contribution in [2.75, 3.05) is 13.2 Å². The Morgan fingerprint density at radius 3 is 2.65 bits per heavy atom. The van der Waals surface area contributed by atoms with Crippen molar-refractivity contribution >= 4 is 17.2 Å². The molecular weight excluding hydrogens is 234 g/mol. The van der Waals surface area contributed by atoms with Gasteiger partial charge in [0.1, 0.15) is 0 Å². The maximum absolute atomic E-state index is 12.5. The van der Waals surface area contributed by atoms with E-state index in [2.05, 4.69) is 13.8 Å². The summed E-state index contributed by atoms with van der Waals surface area (Å²) in [5, 5.41) is 2.02. The zero-order valence-electron chi connectivity index (χ0n) is 10.6. The normalized spacial score (nSPS) is 26.9. The van der Waals surface area contributed by atoms with Crippen molar-refractivity contribution in [2.24, 2.45) is 0 Å². The predicted octanol–water partition coefficient (Wildman–Crippen LogP) is 2.49. The van der Waals surface area contributed by atoms with Crippen LogP contribution in [0.15, 0.2) is 17.5 Å². The summed E-state index contributed by atoms with van der Waals surface area (Å²) in [6, 6.07) is 4.38. The number of carbonyl (C=O) groups excluding carboxylic acids is 1. The Morgan fingerprint density at radius 2 is 2.12 bits per heavy atom. The first-order valence-corrected chi connectivity index (χ1v) is 6.92. The van der Waals surface area contributed by atoms with E-state index in [4.69, 9.17) is 4.74 Å². The number of rotatable bonds is 2. The molecule has 1 aliphatic heterocycles. The van der Waals surface area contributed by atoms with Crippen LogP contribution in [0.5, 0.6) is 0 Å². The molecule has 0 spiro atoms. The fraction of sp³-hybridized carbons (Fsp3) is 0.615. The summed E-state index contributed by atoms with van der Waals surface area (Å²) < 4.78 is 5.45. The molecule has 1 aromatic heterocycles. The molecule has 0 bridgehead atoms. The molecule has 1 amide bonds. The van der Waals surface area contributed by atoms with Crippen LogP contribution in [0.25, 0.3) is 0 Å². The van der Waals surface area contributed by atoms with Crippen LogP contribution < -0.4 is 0 Å². The van der Waals surface area contributed by atoms with E-state index in [0.717, 1.165) is 4.88 Å². The Kier molecular flexibility index (Phi) is 3.84. The average Bonchev–Trinajstić information content (AvgIpc) is 2.81. The van der Waals surface area contributed by atoms with Crippen molar-refractivity contribution in [3.05, 3.63) is 22.4 Å². The second kappa shape index (κ2) is 5.19. The summed E-state index contributed by atoms with van der Waals surface area (Å²) in [7, 11) is 0. The van der Waals surface area contributed by atoms with Gasteiger partial charge in [-0.3, -0.25) is 4.79 Å². The summed E-state index contributed by atoms with van der Waals surface area (Å²) in [4.78, 5) is 15.6. The summed E-state index contributed by atoms with van der Waals surface area (Å²) in [5.74, 6) is 0.175. The van der Waals surface area contributed by atoms with Crippen molar-refractivity contribution in [3.8, 4) is 0 Å². The Bertz CT molecular complexity index is 367. The minimum absolute atomic E-state index is 0.0435. The first-order chi connectivity index (χ1) is 8.11. The quantitative estimate of drug-likeness (QED) is 0.810. The summed E-state index contributed by atoms with van der Waals surface area (Å²) in [6.45, 7) is 7.38. The van der Waals surface area contributed by atoms with E-state index in [1.807, 2.05) is 29.3 Å². The third kappa shape index (κ3) is 2.53. The van der Waals surface area contributed by atoms with Gasteiger partial charge in [-0.15, -0.1) is 11.3 Å². The molecule has 1 aliphatic rings. The van der Waals surface area contributed by atoms with Crippen molar-refractivity contribution in [1.29, 1.82) is 0 Å². The molecule has 4 heteroatoms. The molecule has 2 rings (SSSR count). The van der Waals surface area contributed by atoms with Crippen LogP contribution in [0.2, 0.25) is 0 Å². The van der Waals surface area contributed by atoms with Gasteiger partial charge in [0, 0.05) is 4.88 Å². The number of ether oxygens (including phenoxy) is 1. The van der Waals surface area contributed by atoms with Crippen LogP contribution in [0.4, 0.5) is 0 Å². The van der Waals surface area contributed by atoms with E-state index in [-0.39, 0.29) is 23.9 Å². The van der Waals surface area contributed by atoms with Crippen molar-refractivity contribution in [3.63, 3.8) is 0 Å². The number of nitrogens with zero attached hydrogens (tertiary/aromatic N) is 1. The highest BCUT2D eigenvalue weighted by Crippen LogP contribution is 2.26. The third-order valence-electron chi connectivity index (χ3n) is 3.26. The lowest BCUT2D eigenvalue weighted by molar-refractivity contribution is -0.145. The standard InChI is InChI=1S/C13H19NO2S/c1-9-7-16-8-10(2)14(9)13(15)11(3)12-5-4-6-17-12/h4-6,9-11H,7-8H2,1-3H3. The largest absolute Gasteiger partial charge is 0.377 e. The molecule has 3 atom stereocenters. The molecule has 2 heterocycles. The summed E-state index contributed by atoms with van der Waals surface area (Å²) >= 11 is 1.65. The zero-order valence-corrected chi connectivity index (χ0v) is 11.4. The molecule has 0 aliphatic carbocycles. The monoisotopic (exact) mass is 253 g/mol. The maximum Gasteiger partial charge on any atom is 0.231 e. The van der Waals surface area contributed by atoms with E-state index in [1.54, 1.807) is 11.3 Å². The molecule has 17 heavy (non-hydrogen) atoms. The fourth-order valence-electron chi connectivity index (χ4n) is 2.32. The SMILES string of the molecule is CC(C(=O)N1C(C)COCC1C)c1cccs1. The molecule has 0 N–H and O–H groups in total. The molecule has 3 nitrogen and oxygen atoms in total. The molecule has 3 unspecified atom stereocenters. The van der Waals surface area contributed by atoms with Gasteiger partial charge in [0.2, 0.25) is 5.91 Å². The van der Waals surface area contributed by atoms with Crippen molar-refractivity contribution in [2.45, 2.75) is 38.8 Å². The van der Waals surface area contributed by atoms with Crippen molar-refractivity contribution in [1.82, 2.24) is 4.90 Å². The molecule has 0 aromatic carbocycles. The minimum atomic E-state index is -0.0435. The van der Waals surface area contributed by atoms with Gasteiger partial charge in [0.05, 0.1) is 31.2 Å². The summed E-state index contributed by atoms with van der Waals surface area (Å²) in [6.07, 6.45) is 0. The Balaban J connectivity index is 2.13. The van der Waals surface area contributed by atoms with Crippen molar-refractivity contribution < 1.29 is 9.53 Å². The van der Waals surface area contributed by atoms with E-state index in [1.165, 1.54) is 0 Å². The van der Waals surface area contributed by atoms with Crippen LogP contribution >= 0.6 is 11.3 Å². The average molecular weight is 253 g/mol. The van der Waals surface area contributed by atoms with E-state index >= 15 is 0 Å². The van der Waals surface area contributed by atoms with Gasteiger partial charge in [0.25, 0.3) is 0 Å². The Morgan fingerprint density at radius 1 is 1.47 bits per heavy atom. The van der Waals surface area contributed by atoms with Crippen LogP contribution in [0.1, 0.15) is 31.6 Å². The predicted molar refractivity (Wildman–Crippen MR) is 69.3 cm³/mol. The van der Waals surface area contributed by atoms with Gasteiger partial charge >= 0.3 is 0 Å². The number of morpholine rings is 1. The third-order valence-corrected chi connectivity index (χ3v) is 4.32.